The molecule has 1 fully saturated rings. The molecule has 0 radical (unpaired) electrons. The van der Waals surface area contributed by atoms with Crippen molar-refractivity contribution in [2.24, 2.45) is 5.92 Å². The van der Waals surface area contributed by atoms with E-state index in [0.717, 1.165) is 25.0 Å². The van der Waals surface area contributed by atoms with Gasteiger partial charge in [0.25, 0.3) is 0 Å². The molecule has 0 N–H and O–H groups in total. The molecular weight excluding hydrogens is 162 g/mol. The number of rotatable bonds is 5. The van der Waals surface area contributed by atoms with Crippen LogP contribution in [0.25, 0.3) is 0 Å². The summed E-state index contributed by atoms with van der Waals surface area (Å²) in [5, 5.41) is 0. The first-order valence-electron chi connectivity index (χ1n) is 5.52. The van der Waals surface area contributed by atoms with Gasteiger partial charge < -0.3 is 9.69 Å². The first kappa shape index (κ1) is 10.7. The first-order valence-corrected chi connectivity index (χ1v) is 5.52. The fourth-order valence-corrected chi connectivity index (χ4v) is 2.08. The Kier molecular flexibility index (Phi) is 5.06. The number of unbranched alkanes of at least 4 members (excludes halogenated alkanes) is 1. The van der Waals surface area contributed by atoms with Crippen molar-refractivity contribution >= 4 is 6.29 Å². The Balaban J connectivity index is 2.06. The van der Waals surface area contributed by atoms with Crippen molar-refractivity contribution in [3.8, 4) is 0 Å². The van der Waals surface area contributed by atoms with Crippen molar-refractivity contribution in [3.05, 3.63) is 0 Å². The summed E-state index contributed by atoms with van der Waals surface area (Å²) in [4.78, 5) is 12.6. The highest BCUT2D eigenvalue weighted by atomic mass is 16.1. The summed E-state index contributed by atoms with van der Waals surface area (Å²) < 4.78 is 0. The van der Waals surface area contributed by atoms with Crippen LogP contribution in [0.5, 0.6) is 0 Å². The second kappa shape index (κ2) is 6.14. The van der Waals surface area contributed by atoms with Crippen LogP contribution in [0.1, 0.15) is 39.0 Å². The van der Waals surface area contributed by atoms with Crippen LogP contribution in [0.4, 0.5) is 0 Å². The standard InChI is InChI=1S/C11H21NO/c1-2-12-8-6-11(7-9-12)5-3-4-10-13/h10-11H,2-9H2,1H3. The second-order valence-electron chi connectivity index (χ2n) is 3.98. The highest BCUT2D eigenvalue weighted by molar-refractivity contribution is 5.48. The summed E-state index contributed by atoms with van der Waals surface area (Å²) in [6.45, 7) is 5.96. The molecule has 2 heteroatoms. The summed E-state index contributed by atoms with van der Waals surface area (Å²) in [6, 6.07) is 0. The van der Waals surface area contributed by atoms with E-state index < -0.39 is 0 Å². The molecular formula is C11H21NO. The molecule has 0 aromatic carbocycles. The molecule has 0 aromatic rings. The molecule has 1 aliphatic rings. The molecule has 0 unspecified atom stereocenters. The molecule has 76 valence electrons. The van der Waals surface area contributed by atoms with Crippen LogP contribution in [-0.4, -0.2) is 30.8 Å². The minimum absolute atomic E-state index is 0.758. The van der Waals surface area contributed by atoms with Crippen molar-refractivity contribution in [3.63, 3.8) is 0 Å². The molecule has 0 atom stereocenters. The van der Waals surface area contributed by atoms with Gasteiger partial charge in [-0.3, -0.25) is 0 Å². The third kappa shape index (κ3) is 3.90. The van der Waals surface area contributed by atoms with E-state index in [0.29, 0.717) is 0 Å². The summed E-state index contributed by atoms with van der Waals surface area (Å²) in [5.74, 6) is 0.891. The zero-order chi connectivity index (χ0) is 9.52. The third-order valence-corrected chi connectivity index (χ3v) is 3.09. The summed E-state index contributed by atoms with van der Waals surface area (Å²) in [5.41, 5.74) is 0. The van der Waals surface area contributed by atoms with Crippen molar-refractivity contribution in [2.45, 2.75) is 39.0 Å². The zero-order valence-corrected chi connectivity index (χ0v) is 8.67. The third-order valence-electron chi connectivity index (χ3n) is 3.09. The molecule has 0 amide bonds. The normalized spacial score (nSPS) is 20.4. The quantitative estimate of drug-likeness (QED) is 0.480. The van der Waals surface area contributed by atoms with Gasteiger partial charge in [0, 0.05) is 6.42 Å². The van der Waals surface area contributed by atoms with E-state index >= 15 is 0 Å². The summed E-state index contributed by atoms with van der Waals surface area (Å²) in [6.07, 6.45) is 6.84. The van der Waals surface area contributed by atoms with Crippen LogP contribution in [0, 0.1) is 5.92 Å². The van der Waals surface area contributed by atoms with Gasteiger partial charge in [-0.15, -0.1) is 0 Å². The SMILES string of the molecule is CCN1CCC(CCCC=O)CC1. The Labute approximate surface area is 81.3 Å². The topological polar surface area (TPSA) is 20.3 Å². The van der Waals surface area contributed by atoms with E-state index in [1.54, 1.807) is 0 Å². The van der Waals surface area contributed by atoms with Crippen LogP contribution >= 0.6 is 0 Å². The lowest BCUT2D eigenvalue weighted by Crippen LogP contribution is -2.33. The Morgan fingerprint density at radius 1 is 1.38 bits per heavy atom. The lowest BCUT2D eigenvalue weighted by Gasteiger charge is -2.30. The van der Waals surface area contributed by atoms with Gasteiger partial charge in [-0.05, 0) is 51.2 Å². The van der Waals surface area contributed by atoms with Crippen LogP contribution in [0.2, 0.25) is 0 Å². The van der Waals surface area contributed by atoms with Crippen LogP contribution in [0.15, 0.2) is 0 Å². The number of likely N-dealkylation sites (tertiary alicyclic amines) is 1. The van der Waals surface area contributed by atoms with Crippen LogP contribution in [0.3, 0.4) is 0 Å². The van der Waals surface area contributed by atoms with E-state index in [1.807, 2.05) is 0 Å². The van der Waals surface area contributed by atoms with Crippen molar-refractivity contribution in [2.75, 3.05) is 19.6 Å². The lowest BCUT2D eigenvalue weighted by atomic mass is 9.92. The Morgan fingerprint density at radius 2 is 2.08 bits per heavy atom. The van der Waals surface area contributed by atoms with Gasteiger partial charge in [0.2, 0.25) is 0 Å². The molecule has 0 saturated carbocycles. The smallest absolute Gasteiger partial charge is 0.119 e. The molecule has 0 aliphatic carbocycles. The van der Waals surface area contributed by atoms with Gasteiger partial charge in [-0.25, -0.2) is 0 Å². The maximum Gasteiger partial charge on any atom is 0.119 e. The lowest BCUT2D eigenvalue weighted by molar-refractivity contribution is -0.108. The molecule has 1 aliphatic heterocycles. The second-order valence-corrected chi connectivity index (χ2v) is 3.98. The molecule has 0 bridgehead atoms. The van der Waals surface area contributed by atoms with Gasteiger partial charge >= 0.3 is 0 Å². The number of carbonyl (C=O) groups excluding carboxylic acids is 1. The minimum Gasteiger partial charge on any atom is -0.304 e. The van der Waals surface area contributed by atoms with Crippen molar-refractivity contribution in [1.82, 2.24) is 4.90 Å². The van der Waals surface area contributed by atoms with Gasteiger partial charge in [-0.2, -0.15) is 0 Å². The molecule has 2 nitrogen and oxygen atoms in total. The minimum atomic E-state index is 0.758. The summed E-state index contributed by atoms with van der Waals surface area (Å²) >= 11 is 0. The number of nitrogens with zero attached hydrogens (tertiary/aromatic N) is 1. The molecule has 1 saturated heterocycles. The number of piperidine rings is 1. The maximum absolute atomic E-state index is 10.1. The number of aldehydes is 1. The average Bonchev–Trinajstić information content (AvgIpc) is 2.19. The molecule has 1 rings (SSSR count). The van der Waals surface area contributed by atoms with E-state index in [9.17, 15) is 4.79 Å². The summed E-state index contributed by atoms with van der Waals surface area (Å²) in [7, 11) is 0. The molecule has 1 heterocycles. The molecule has 13 heavy (non-hydrogen) atoms. The number of hydrogen-bond acceptors (Lipinski definition) is 2. The number of hydrogen-bond donors (Lipinski definition) is 0. The van der Waals surface area contributed by atoms with E-state index in [-0.39, 0.29) is 0 Å². The van der Waals surface area contributed by atoms with E-state index in [4.69, 9.17) is 0 Å². The highest BCUT2D eigenvalue weighted by Crippen LogP contribution is 2.21. The molecule has 0 spiro atoms. The highest BCUT2D eigenvalue weighted by Gasteiger charge is 2.16. The van der Waals surface area contributed by atoms with Crippen LogP contribution in [-0.2, 0) is 4.79 Å². The number of carbonyl (C=O) groups is 1. The van der Waals surface area contributed by atoms with Crippen molar-refractivity contribution < 1.29 is 4.79 Å². The largest absolute Gasteiger partial charge is 0.304 e. The maximum atomic E-state index is 10.1. The fraction of sp³-hybridized carbons (Fsp3) is 0.909. The Morgan fingerprint density at radius 3 is 2.62 bits per heavy atom. The van der Waals surface area contributed by atoms with Gasteiger partial charge in [0.05, 0.1) is 0 Å². The predicted octanol–water partition coefficient (Wildman–Crippen LogP) is 2.09. The van der Waals surface area contributed by atoms with E-state index in [2.05, 4.69) is 11.8 Å². The average molecular weight is 183 g/mol. The molecule has 0 aromatic heterocycles. The van der Waals surface area contributed by atoms with E-state index in [1.165, 1.54) is 38.9 Å². The van der Waals surface area contributed by atoms with Gasteiger partial charge in [0.15, 0.2) is 0 Å². The van der Waals surface area contributed by atoms with Crippen molar-refractivity contribution in [1.29, 1.82) is 0 Å². The predicted molar refractivity (Wildman–Crippen MR) is 54.8 cm³/mol. The van der Waals surface area contributed by atoms with Gasteiger partial charge in [0.1, 0.15) is 6.29 Å². The first-order chi connectivity index (χ1) is 6.36. The monoisotopic (exact) mass is 183 g/mol. The zero-order valence-electron chi connectivity index (χ0n) is 8.67. The van der Waals surface area contributed by atoms with Crippen LogP contribution < -0.4 is 0 Å². The fourth-order valence-electron chi connectivity index (χ4n) is 2.08. The van der Waals surface area contributed by atoms with Gasteiger partial charge in [-0.1, -0.05) is 6.92 Å². The Bertz CT molecular complexity index is 139. The Hall–Kier alpha value is -0.370.